The van der Waals surface area contributed by atoms with Gasteiger partial charge in [-0.05, 0) is 12.0 Å². The molecule has 0 aromatic heterocycles. The van der Waals surface area contributed by atoms with Gasteiger partial charge in [-0.15, -0.1) is 6.58 Å². The van der Waals surface area contributed by atoms with E-state index in [1.165, 1.54) is 14.0 Å². The number of ether oxygens (including phenoxy) is 1. The minimum absolute atomic E-state index is 0.199. The summed E-state index contributed by atoms with van der Waals surface area (Å²) in [7, 11) is 1.27. The summed E-state index contributed by atoms with van der Waals surface area (Å²) in [5, 5.41) is 1.04. The van der Waals surface area contributed by atoms with Crippen molar-refractivity contribution in [2.24, 2.45) is 0 Å². The van der Waals surface area contributed by atoms with E-state index in [1.807, 2.05) is 30.3 Å². The number of esters is 1. The third kappa shape index (κ3) is 4.51. The van der Waals surface area contributed by atoms with Gasteiger partial charge in [0.05, 0.1) is 7.11 Å². The molecule has 0 spiro atoms. The summed E-state index contributed by atoms with van der Waals surface area (Å²) in [6.07, 6.45) is 1.81. The highest BCUT2D eigenvalue weighted by atomic mass is 16.7. The molecule has 5 nitrogen and oxygen atoms in total. The Balaban J connectivity index is 2.78. The van der Waals surface area contributed by atoms with Gasteiger partial charge in [-0.2, -0.15) is 0 Å². The predicted molar refractivity (Wildman–Crippen MR) is 74.4 cm³/mol. The molecule has 0 saturated heterocycles. The minimum Gasteiger partial charge on any atom is -0.467 e. The Hall–Kier alpha value is -2.14. The van der Waals surface area contributed by atoms with Crippen LogP contribution in [-0.2, 0) is 25.8 Å². The Kier molecular flexibility index (Phi) is 6.46. The maximum Gasteiger partial charge on any atom is 0.331 e. The van der Waals surface area contributed by atoms with E-state index in [4.69, 9.17) is 4.84 Å². The second-order valence-corrected chi connectivity index (χ2v) is 4.17. The summed E-state index contributed by atoms with van der Waals surface area (Å²) in [6.45, 7) is 5.11. The Labute approximate surface area is 118 Å². The third-order valence-electron chi connectivity index (χ3n) is 2.67. The number of benzene rings is 1. The molecule has 0 aliphatic rings. The second kappa shape index (κ2) is 8.12. The second-order valence-electron chi connectivity index (χ2n) is 4.17. The van der Waals surface area contributed by atoms with E-state index in [-0.39, 0.29) is 18.9 Å². The number of hydroxylamine groups is 2. The zero-order chi connectivity index (χ0) is 15.0. The highest BCUT2D eigenvalue weighted by Gasteiger charge is 2.29. The van der Waals surface area contributed by atoms with Crippen LogP contribution in [0.25, 0.3) is 0 Å². The van der Waals surface area contributed by atoms with Crippen molar-refractivity contribution >= 4 is 11.9 Å². The summed E-state index contributed by atoms with van der Waals surface area (Å²) in [5.41, 5.74) is 0.904. The highest BCUT2D eigenvalue weighted by molar-refractivity contribution is 5.82. The van der Waals surface area contributed by atoms with E-state index >= 15 is 0 Å². The molecule has 20 heavy (non-hydrogen) atoms. The lowest BCUT2D eigenvalue weighted by Gasteiger charge is -2.27. The number of carbonyl (C=O) groups is 2. The molecule has 1 aromatic carbocycles. The van der Waals surface area contributed by atoms with Crippen LogP contribution in [0.5, 0.6) is 0 Å². The Bertz CT molecular complexity index is 458. The molecule has 0 N–H and O–H groups in total. The maximum atomic E-state index is 11.7. The van der Waals surface area contributed by atoms with Crippen molar-refractivity contribution in [1.82, 2.24) is 5.06 Å². The molecule has 5 heteroatoms. The van der Waals surface area contributed by atoms with E-state index in [0.717, 1.165) is 10.6 Å². The van der Waals surface area contributed by atoms with Crippen LogP contribution >= 0.6 is 0 Å². The van der Waals surface area contributed by atoms with Gasteiger partial charge in [0, 0.05) is 6.92 Å². The number of rotatable bonds is 7. The third-order valence-corrected chi connectivity index (χ3v) is 2.67. The van der Waals surface area contributed by atoms with Crippen molar-refractivity contribution in [2.45, 2.75) is 26.0 Å². The number of hydrogen-bond donors (Lipinski definition) is 0. The standard InChI is InChI=1S/C15H19NO4/c1-4-8-14(15(18)19-3)16(12(2)17)20-11-13-9-6-5-7-10-13/h4-7,9-10,14H,1,8,11H2,2-3H3. The molecule has 0 bridgehead atoms. The number of amides is 1. The molecule has 0 aliphatic carbocycles. The molecule has 0 fully saturated rings. The van der Waals surface area contributed by atoms with Crippen LogP contribution < -0.4 is 0 Å². The van der Waals surface area contributed by atoms with Crippen LogP contribution in [0.4, 0.5) is 0 Å². The van der Waals surface area contributed by atoms with Gasteiger partial charge in [-0.25, -0.2) is 9.86 Å². The fourth-order valence-electron chi connectivity index (χ4n) is 1.70. The molecular formula is C15H19NO4. The molecule has 1 aromatic rings. The van der Waals surface area contributed by atoms with Gasteiger partial charge < -0.3 is 4.74 Å². The van der Waals surface area contributed by atoms with Gasteiger partial charge in [-0.1, -0.05) is 36.4 Å². The Morgan fingerprint density at radius 2 is 2.00 bits per heavy atom. The van der Waals surface area contributed by atoms with Crippen molar-refractivity contribution in [3.63, 3.8) is 0 Å². The molecule has 108 valence electrons. The SMILES string of the molecule is C=CCC(C(=O)OC)N(OCc1ccccc1)C(C)=O. The van der Waals surface area contributed by atoms with Gasteiger partial charge in [0.15, 0.2) is 6.04 Å². The van der Waals surface area contributed by atoms with Crippen molar-refractivity contribution in [2.75, 3.05) is 7.11 Å². The zero-order valence-corrected chi connectivity index (χ0v) is 11.7. The smallest absolute Gasteiger partial charge is 0.331 e. The summed E-state index contributed by atoms with van der Waals surface area (Å²) in [5.74, 6) is -0.897. The van der Waals surface area contributed by atoms with Gasteiger partial charge in [0.25, 0.3) is 0 Å². The van der Waals surface area contributed by atoms with Gasteiger partial charge in [0.1, 0.15) is 6.61 Å². The monoisotopic (exact) mass is 277 g/mol. The van der Waals surface area contributed by atoms with Gasteiger partial charge >= 0.3 is 5.97 Å². The molecule has 1 rings (SSSR count). The first kappa shape index (κ1) is 15.9. The topological polar surface area (TPSA) is 55.8 Å². The zero-order valence-electron chi connectivity index (χ0n) is 11.7. The largest absolute Gasteiger partial charge is 0.467 e. The fraction of sp³-hybridized carbons (Fsp3) is 0.333. The number of carbonyl (C=O) groups excluding carboxylic acids is 2. The normalized spacial score (nSPS) is 11.5. The van der Waals surface area contributed by atoms with Gasteiger partial charge in [-0.3, -0.25) is 9.63 Å². The van der Waals surface area contributed by atoms with Crippen molar-refractivity contribution < 1.29 is 19.2 Å². The molecule has 1 amide bonds. The van der Waals surface area contributed by atoms with E-state index < -0.39 is 12.0 Å². The summed E-state index contributed by atoms with van der Waals surface area (Å²) < 4.78 is 4.69. The van der Waals surface area contributed by atoms with Crippen LogP contribution in [0.15, 0.2) is 43.0 Å². The number of hydrogen-bond acceptors (Lipinski definition) is 4. The van der Waals surface area contributed by atoms with Gasteiger partial charge in [0.2, 0.25) is 5.91 Å². The van der Waals surface area contributed by atoms with E-state index in [9.17, 15) is 9.59 Å². The van der Waals surface area contributed by atoms with Crippen LogP contribution in [0.2, 0.25) is 0 Å². The lowest BCUT2D eigenvalue weighted by Crippen LogP contribution is -2.44. The molecular weight excluding hydrogens is 258 g/mol. The first-order valence-electron chi connectivity index (χ1n) is 6.25. The molecule has 0 aliphatic heterocycles. The number of methoxy groups -OCH3 is 1. The van der Waals surface area contributed by atoms with Crippen LogP contribution in [-0.4, -0.2) is 30.1 Å². The first-order valence-corrected chi connectivity index (χ1v) is 6.25. The highest BCUT2D eigenvalue weighted by Crippen LogP contribution is 2.11. The lowest BCUT2D eigenvalue weighted by molar-refractivity contribution is -0.210. The molecule has 0 radical (unpaired) electrons. The van der Waals surface area contributed by atoms with Crippen LogP contribution in [0.1, 0.15) is 18.9 Å². The summed E-state index contributed by atoms with van der Waals surface area (Å²) in [6, 6.07) is 8.56. The molecule has 0 saturated carbocycles. The Morgan fingerprint density at radius 3 is 2.50 bits per heavy atom. The summed E-state index contributed by atoms with van der Waals surface area (Å²) >= 11 is 0. The Morgan fingerprint density at radius 1 is 1.35 bits per heavy atom. The van der Waals surface area contributed by atoms with Crippen molar-refractivity contribution in [1.29, 1.82) is 0 Å². The molecule has 1 atom stereocenters. The predicted octanol–water partition coefficient (Wildman–Crippen LogP) is 2.08. The van der Waals surface area contributed by atoms with Crippen molar-refractivity contribution in [3.05, 3.63) is 48.6 Å². The molecule has 0 heterocycles. The number of nitrogens with zero attached hydrogens (tertiary/aromatic N) is 1. The fourth-order valence-corrected chi connectivity index (χ4v) is 1.70. The maximum absolute atomic E-state index is 11.7. The quantitative estimate of drug-likeness (QED) is 0.435. The minimum atomic E-state index is -0.821. The van der Waals surface area contributed by atoms with Crippen LogP contribution in [0.3, 0.4) is 0 Å². The average Bonchev–Trinajstić information content (AvgIpc) is 2.46. The lowest BCUT2D eigenvalue weighted by atomic mass is 10.2. The molecule has 1 unspecified atom stereocenters. The van der Waals surface area contributed by atoms with Crippen molar-refractivity contribution in [3.8, 4) is 0 Å². The van der Waals surface area contributed by atoms with E-state index in [1.54, 1.807) is 6.08 Å². The van der Waals surface area contributed by atoms with Crippen LogP contribution in [0, 0.1) is 0 Å². The van der Waals surface area contributed by atoms with E-state index in [2.05, 4.69) is 11.3 Å². The first-order chi connectivity index (χ1) is 9.60. The average molecular weight is 277 g/mol. The summed E-state index contributed by atoms with van der Waals surface area (Å²) in [4.78, 5) is 28.8. The van der Waals surface area contributed by atoms with E-state index in [0.29, 0.717) is 0 Å².